The Labute approximate surface area is 226 Å². The predicted octanol–water partition coefficient (Wildman–Crippen LogP) is 5.22. The third-order valence-corrected chi connectivity index (χ3v) is 7.11. The lowest BCUT2D eigenvalue weighted by Gasteiger charge is -2.32. The van der Waals surface area contributed by atoms with Crippen LogP contribution in [0.3, 0.4) is 0 Å². The molecule has 5 aromatic rings. The van der Waals surface area contributed by atoms with E-state index in [9.17, 15) is 4.79 Å². The van der Waals surface area contributed by atoms with E-state index in [2.05, 4.69) is 16.7 Å². The number of fused-ring (bicyclic) bond motifs is 1. The van der Waals surface area contributed by atoms with E-state index in [1.54, 1.807) is 10.9 Å². The minimum Gasteiger partial charge on any atom is -0.457 e. The highest BCUT2D eigenvalue weighted by Gasteiger charge is 2.29. The summed E-state index contributed by atoms with van der Waals surface area (Å²) < 4.78 is 9.78. The summed E-state index contributed by atoms with van der Waals surface area (Å²) in [6.45, 7) is 4.92. The smallest absolute Gasteiger partial charge is 0.246 e. The van der Waals surface area contributed by atoms with Gasteiger partial charge in [0.05, 0.1) is 23.1 Å². The number of hydrogen-bond donors (Lipinski definition) is 1. The van der Waals surface area contributed by atoms with Gasteiger partial charge in [-0.05, 0) is 55.3 Å². The van der Waals surface area contributed by atoms with E-state index in [-0.39, 0.29) is 11.9 Å². The van der Waals surface area contributed by atoms with E-state index < -0.39 is 0 Å². The second kappa shape index (κ2) is 10.1. The molecule has 2 N–H and O–H groups in total. The molecule has 1 aliphatic heterocycles. The summed E-state index contributed by atoms with van der Waals surface area (Å²) in [5.41, 5.74) is 10.9. The minimum atomic E-state index is -0.0703. The molecule has 2 aromatic carbocycles. The standard InChI is InChI=1S/C30H29N7O2/c1-3-26(38)36-15-7-8-22(19-36)37-29-25(21-16-33-35(2)18-21)17-32-30(31)27(29)28(34-37)20-11-13-24(14-12-20)39-23-9-5-4-6-10-23/h3-6,9-14,16-18,22H,1,7-8,15,19H2,2H3,(H2,31,32). The Balaban J connectivity index is 1.48. The molecule has 9 nitrogen and oxygen atoms in total. The average molecular weight is 520 g/mol. The zero-order chi connectivity index (χ0) is 26.9. The molecule has 6 rings (SSSR count). The summed E-state index contributed by atoms with van der Waals surface area (Å²) in [5, 5.41) is 10.3. The Kier molecular flexibility index (Phi) is 6.32. The molecule has 1 amide bonds. The van der Waals surface area contributed by atoms with Crippen LogP contribution in [0.25, 0.3) is 33.3 Å². The van der Waals surface area contributed by atoms with Gasteiger partial charge in [-0.15, -0.1) is 0 Å². The summed E-state index contributed by atoms with van der Waals surface area (Å²) in [5.74, 6) is 1.82. The van der Waals surface area contributed by atoms with E-state index in [4.69, 9.17) is 15.6 Å². The van der Waals surface area contributed by atoms with Crippen molar-refractivity contribution in [1.29, 1.82) is 0 Å². The summed E-state index contributed by atoms with van der Waals surface area (Å²) in [6, 6.07) is 17.4. The van der Waals surface area contributed by atoms with Crippen LogP contribution in [0.4, 0.5) is 5.82 Å². The highest BCUT2D eigenvalue weighted by molar-refractivity contribution is 6.06. The summed E-state index contributed by atoms with van der Waals surface area (Å²) >= 11 is 0. The summed E-state index contributed by atoms with van der Waals surface area (Å²) in [7, 11) is 1.88. The minimum absolute atomic E-state index is 0.0307. The molecule has 0 bridgehead atoms. The average Bonchev–Trinajstić information content (AvgIpc) is 3.59. The number of ether oxygens (including phenoxy) is 1. The fraction of sp³-hybridized carbons (Fsp3) is 0.200. The molecule has 1 fully saturated rings. The van der Waals surface area contributed by atoms with E-state index >= 15 is 0 Å². The molecule has 0 radical (unpaired) electrons. The molecule has 0 aliphatic carbocycles. The summed E-state index contributed by atoms with van der Waals surface area (Å²) in [6.07, 6.45) is 8.67. The lowest BCUT2D eigenvalue weighted by Crippen LogP contribution is -2.40. The number of anilines is 1. The van der Waals surface area contributed by atoms with Crippen molar-refractivity contribution in [3.63, 3.8) is 0 Å². The molecule has 1 aliphatic rings. The molecular weight excluding hydrogens is 490 g/mol. The normalized spacial score (nSPS) is 15.4. The van der Waals surface area contributed by atoms with Crippen LogP contribution in [0.5, 0.6) is 11.5 Å². The first kappa shape index (κ1) is 24.4. The molecule has 196 valence electrons. The largest absolute Gasteiger partial charge is 0.457 e. The van der Waals surface area contributed by atoms with Crippen LogP contribution in [0, 0.1) is 0 Å². The van der Waals surface area contributed by atoms with Crippen LogP contribution in [0.2, 0.25) is 0 Å². The van der Waals surface area contributed by atoms with Crippen LogP contribution in [0.1, 0.15) is 18.9 Å². The zero-order valence-corrected chi connectivity index (χ0v) is 21.7. The first-order valence-corrected chi connectivity index (χ1v) is 12.9. The third-order valence-electron chi connectivity index (χ3n) is 7.11. The fourth-order valence-electron chi connectivity index (χ4n) is 5.22. The topological polar surface area (TPSA) is 104 Å². The summed E-state index contributed by atoms with van der Waals surface area (Å²) in [4.78, 5) is 18.9. The number of nitrogens with zero attached hydrogens (tertiary/aromatic N) is 6. The Morgan fingerprint density at radius 2 is 1.85 bits per heavy atom. The molecule has 0 spiro atoms. The molecule has 9 heteroatoms. The number of amides is 1. The number of nitrogens with two attached hydrogens (primary N) is 1. The maximum absolute atomic E-state index is 12.5. The van der Waals surface area contributed by atoms with Crippen molar-refractivity contribution in [2.24, 2.45) is 7.05 Å². The lowest BCUT2D eigenvalue weighted by atomic mass is 10.0. The van der Waals surface area contributed by atoms with Crippen LogP contribution in [0.15, 0.2) is 85.8 Å². The molecule has 1 unspecified atom stereocenters. The van der Waals surface area contributed by atoms with Crippen molar-refractivity contribution in [3.8, 4) is 33.9 Å². The van der Waals surface area contributed by atoms with Crippen LogP contribution >= 0.6 is 0 Å². The van der Waals surface area contributed by atoms with E-state index in [0.29, 0.717) is 18.9 Å². The monoisotopic (exact) mass is 519 g/mol. The number of para-hydroxylation sites is 1. The highest BCUT2D eigenvalue weighted by Crippen LogP contribution is 2.40. The second-order valence-electron chi connectivity index (χ2n) is 9.70. The first-order valence-electron chi connectivity index (χ1n) is 12.9. The molecule has 39 heavy (non-hydrogen) atoms. The van der Waals surface area contributed by atoms with Gasteiger partial charge < -0.3 is 15.4 Å². The van der Waals surface area contributed by atoms with Crippen molar-refractivity contribution in [2.45, 2.75) is 18.9 Å². The van der Waals surface area contributed by atoms with E-state index in [1.807, 2.05) is 83.6 Å². The van der Waals surface area contributed by atoms with Gasteiger partial charge in [0.2, 0.25) is 5.91 Å². The molecule has 0 saturated carbocycles. The van der Waals surface area contributed by atoms with Gasteiger partial charge in [0.25, 0.3) is 0 Å². The Morgan fingerprint density at radius 1 is 1.08 bits per heavy atom. The van der Waals surface area contributed by atoms with Crippen molar-refractivity contribution >= 4 is 22.6 Å². The van der Waals surface area contributed by atoms with Crippen molar-refractivity contribution in [2.75, 3.05) is 18.8 Å². The van der Waals surface area contributed by atoms with Crippen LogP contribution < -0.4 is 10.5 Å². The predicted molar refractivity (Wildman–Crippen MR) is 151 cm³/mol. The molecule has 1 saturated heterocycles. The lowest BCUT2D eigenvalue weighted by molar-refractivity contribution is -0.127. The van der Waals surface area contributed by atoms with Gasteiger partial charge in [0.1, 0.15) is 23.0 Å². The molecule has 3 aromatic heterocycles. The van der Waals surface area contributed by atoms with Gasteiger partial charge >= 0.3 is 0 Å². The van der Waals surface area contributed by atoms with Crippen molar-refractivity contribution in [3.05, 3.63) is 85.8 Å². The van der Waals surface area contributed by atoms with E-state index in [0.717, 1.165) is 57.6 Å². The molecule has 4 heterocycles. The van der Waals surface area contributed by atoms with Crippen molar-refractivity contribution < 1.29 is 9.53 Å². The van der Waals surface area contributed by atoms with Gasteiger partial charge in [0.15, 0.2) is 0 Å². The maximum Gasteiger partial charge on any atom is 0.246 e. The van der Waals surface area contributed by atoms with Crippen LogP contribution in [-0.4, -0.2) is 48.4 Å². The fourth-order valence-corrected chi connectivity index (χ4v) is 5.22. The Morgan fingerprint density at radius 3 is 2.56 bits per heavy atom. The number of carbonyl (C=O) groups excluding carboxylic acids is 1. The Bertz CT molecular complexity index is 1650. The number of piperidine rings is 1. The molecular formula is C30H29N7O2. The third kappa shape index (κ3) is 4.63. The highest BCUT2D eigenvalue weighted by atomic mass is 16.5. The number of carbonyl (C=O) groups is 1. The zero-order valence-electron chi connectivity index (χ0n) is 21.7. The quantitative estimate of drug-likeness (QED) is 0.308. The second-order valence-corrected chi connectivity index (χ2v) is 9.70. The van der Waals surface area contributed by atoms with Crippen LogP contribution in [-0.2, 0) is 11.8 Å². The number of nitrogen functional groups attached to an aromatic ring is 1. The van der Waals surface area contributed by atoms with Gasteiger partial charge in [-0.3, -0.25) is 14.2 Å². The van der Waals surface area contributed by atoms with Gasteiger partial charge in [-0.25, -0.2) is 4.98 Å². The number of aryl methyl sites for hydroxylation is 1. The van der Waals surface area contributed by atoms with E-state index in [1.165, 1.54) is 6.08 Å². The van der Waals surface area contributed by atoms with Crippen molar-refractivity contribution in [1.82, 2.24) is 29.4 Å². The number of benzene rings is 2. The maximum atomic E-state index is 12.5. The number of likely N-dealkylation sites (tertiary alicyclic amines) is 1. The molecule has 1 atom stereocenters. The van der Waals surface area contributed by atoms with Gasteiger partial charge in [-0.2, -0.15) is 10.2 Å². The first-order chi connectivity index (χ1) is 19.0. The Hall–Kier alpha value is -4.92. The number of rotatable bonds is 6. The van der Waals surface area contributed by atoms with Gasteiger partial charge in [-0.1, -0.05) is 24.8 Å². The number of hydrogen-bond acceptors (Lipinski definition) is 6. The SMILES string of the molecule is C=CC(=O)N1CCCC(n2nc(-c3ccc(Oc4ccccc4)cc3)c3c(N)ncc(-c4cnn(C)c4)c32)C1. The van der Waals surface area contributed by atoms with Gasteiger partial charge in [0, 0.05) is 49.2 Å². The number of pyridine rings is 1. The number of aromatic nitrogens is 5.